The molecule has 1 heterocycles. The van der Waals surface area contributed by atoms with E-state index in [1.54, 1.807) is 19.1 Å². The molecule has 0 aliphatic heterocycles. The van der Waals surface area contributed by atoms with E-state index in [4.69, 9.17) is 4.74 Å². The molecule has 1 aromatic carbocycles. The maximum absolute atomic E-state index is 12.0. The summed E-state index contributed by atoms with van der Waals surface area (Å²) in [5.41, 5.74) is 1.16. The molecule has 5 nitrogen and oxygen atoms in total. The first-order valence-corrected chi connectivity index (χ1v) is 9.10. The van der Waals surface area contributed by atoms with Crippen LogP contribution in [0.25, 0.3) is 0 Å². The van der Waals surface area contributed by atoms with E-state index in [2.05, 4.69) is 26.6 Å². The lowest BCUT2D eigenvalue weighted by Crippen LogP contribution is -2.45. The van der Waals surface area contributed by atoms with Crippen LogP contribution in [-0.4, -0.2) is 31.0 Å². The van der Waals surface area contributed by atoms with E-state index in [9.17, 15) is 9.59 Å². The summed E-state index contributed by atoms with van der Waals surface area (Å²) in [5, 5.41) is 5.41. The van der Waals surface area contributed by atoms with Gasteiger partial charge in [-0.1, -0.05) is 17.7 Å². The number of carbonyl (C=O) groups is 2. The van der Waals surface area contributed by atoms with E-state index < -0.39 is 6.04 Å². The van der Waals surface area contributed by atoms with Crippen LogP contribution in [0.3, 0.4) is 0 Å². The van der Waals surface area contributed by atoms with Crippen molar-refractivity contribution in [2.75, 3.05) is 13.2 Å². The first-order chi connectivity index (χ1) is 11.5. The van der Waals surface area contributed by atoms with Crippen molar-refractivity contribution < 1.29 is 14.3 Å². The molecular weight excluding hydrogens is 392 g/mol. The second-order valence-corrected chi connectivity index (χ2v) is 7.71. The van der Waals surface area contributed by atoms with Gasteiger partial charge in [0.05, 0.1) is 15.2 Å². The molecule has 0 aliphatic rings. The second kappa shape index (κ2) is 8.84. The van der Waals surface area contributed by atoms with Crippen molar-refractivity contribution in [1.82, 2.24) is 10.6 Å². The minimum atomic E-state index is -0.613. The van der Waals surface area contributed by atoms with Gasteiger partial charge < -0.3 is 15.4 Å². The fraction of sp³-hybridized carbons (Fsp3) is 0.294. The highest BCUT2D eigenvalue weighted by atomic mass is 79.9. The molecule has 2 amide bonds. The van der Waals surface area contributed by atoms with E-state index in [0.29, 0.717) is 18.0 Å². The summed E-state index contributed by atoms with van der Waals surface area (Å²) in [7, 11) is 0. The number of ether oxygens (including phenoxy) is 1. The van der Waals surface area contributed by atoms with Gasteiger partial charge in [-0.25, -0.2) is 0 Å². The van der Waals surface area contributed by atoms with E-state index in [-0.39, 0.29) is 11.8 Å². The third-order valence-corrected chi connectivity index (χ3v) is 4.85. The monoisotopic (exact) mass is 410 g/mol. The SMILES string of the molecule is Cc1ccc(OCCNC(=O)C(C)NC(=O)c2ccc(Br)s2)cc1. The molecule has 2 N–H and O–H groups in total. The van der Waals surface area contributed by atoms with Crippen LogP contribution in [0.1, 0.15) is 22.2 Å². The molecule has 0 bridgehead atoms. The summed E-state index contributed by atoms with van der Waals surface area (Å²) >= 11 is 4.63. The molecule has 0 saturated heterocycles. The predicted molar refractivity (Wildman–Crippen MR) is 98.6 cm³/mol. The van der Waals surface area contributed by atoms with Crippen molar-refractivity contribution >= 4 is 39.1 Å². The summed E-state index contributed by atoms with van der Waals surface area (Å²) in [5.74, 6) is 0.259. The molecule has 7 heteroatoms. The zero-order chi connectivity index (χ0) is 17.5. The Morgan fingerprint density at radius 3 is 2.54 bits per heavy atom. The lowest BCUT2D eigenvalue weighted by Gasteiger charge is -2.14. The highest BCUT2D eigenvalue weighted by Crippen LogP contribution is 2.21. The van der Waals surface area contributed by atoms with Crippen LogP contribution in [0.4, 0.5) is 0 Å². The van der Waals surface area contributed by atoms with Crippen LogP contribution in [-0.2, 0) is 4.79 Å². The number of thiophene rings is 1. The van der Waals surface area contributed by atoms with Crippen LogP contribution in [0.5, 0.6) is 5.75 Å². The summed E-state index contributed by atoms with van der Waals surface area (Å²) in [4.78, 5) is 24.5. The Balaban J connectivity index is 1.69. The van der Waals surface area contributed by atoms with Crippen LogP contribution < -0.4 is 15.4 Å². The quantitative estimate of drug-likeness (QED) is 0.688. The molecule has 2 aromatic rings. The number of nitrogens with one attached hydrogen (secondary N) is 2. The molecule has 0 radical (unpaired) electrons. The fourth-order valence-corrected chi connectivity index (χ4v) is 3.19. The minimum absolute atomic E-state index is 0.244. The highest BCUT2D eigenvalue weighted by Gasteiger charge is 2.17. The zero-order valence-electron chi connectivity index (χ0n) is 13.5. The van der Waals surface area contributed by atoms with Crippen LogP contribution in [0.2, 0.25) is 0 Å². The standard InChI is InChI=1S/C17H19BrN2O3S/c1-11-3-5-13(6-4-11)23-10-9-19-16(21)12(2)20-17(22)14-7-8-15(18)24-14/h3-8,12H,9-10H2,1-2H3,(H,19,21)(H,20,22). The average Bonchev–Trinajstić information content (AvgIpc) is 2.99. The minimum Gasteiger partial charge on any atom is -0.492 e. The van der Waals surface area contributed by atoms with Crippen molar-refractivity contribution in [3.8, 4) is 5.75 Å². The number of hydrogen-bond acceptors (Lipinski definition) is 4. The molecule has 0 aliphatic carbocycles. The number of rotatable bonds is 7. The number of aryl methyl sites for hydroxylation is 1. The Kier molecular flexibility index (Phi) is 6.81. The van der Waals surface area contributed by atoms with Crippen LogP contribution >= 0.6 is 27.3 Å². The van der Waals surface area contributed by atoms with Gasteiger partial charge in [0.25, 0.3) is 5.91 Å². The van der Waals surface area contributed by atoms with Gasteiger partial charge in [0, 0.05) is 0 Å². The van der Waals surface area contributed by atoms with Gasteiger partial charge >= 0.3 is 0 Å². The first-order valence-electron chi connectivity index (χ1n) is 7.49. The third kappa shape index (κ3) is 5.65. The average molecular weight is 411 g/mol. The number of hydrogen-bond donors (Lipinski definition) is 2. The molecule has 1 unspecified atom stereocenters. The van der Waals surface area contributed by atoms with Gasteiger partial charge in [0.15, 0.2) is 0 Å². The number of benzene rings is 1. The van der Waals surface area contributed by atoms with Gasteiger partial charge in [-0.05, 0) is 54.0 Å². The number of halogens is 1. The van der Waals surface area contributed by atoms with Gasteiger partial charge in [-0.15, -0.1) is 11.3 Å². The second-order valence-electron chi connectivity index (χ2n) is 5.25. The number of carbonyl (C=O) groups excluding carboxylic acids is 2. The summed E-state index contributed by atoms with van der Waals surface area (Å²) in [6.45, 7) is 4.40. The summed E-state index contributed by atoms with van der Waals surface area (Å²) in [6, 6.07) is 10.6. The van der Waals surface area contributed by atoms with Gasteiger partial charge in [-0.2, -0.15) is 0 Å². The lowest BCUT2D eigenvalue weighted by atomic mass is 10.2. The molecule has 0 fully saturated rings. The Labute approximate surface area is 153 Å². The van der Waals surface area contributed by atoms with Crippen molar-refractivity contribution in [3.05, 3.63) is 50.6 Å². The van der Waals surface area contributed by atoms with Crippen molar-refractivity contribution in [1.29, 1.82) is 0 Å². The Bertz CT molecular complexity index is 700. The molecule has 0 spiro atoms. The number of amides is 2. The zero-order valence-corrected chi connectivity index (χ0v) is 15.9. The predicted octanol–water partition coefficient (Wildman–Crippen LogP) is 3.13. The van der Waals surface area contributed by atoms with Gasteiger partial charge in [0.2, 0.25) is 5.91 Å². The maximum atomic E-state index is 12.0. The van der Waals surface area contributed by atoms with Gasteiger partial charge in [0.1, 0.15) is 18.4 Å². The van der Waals surface area contributed by atoms with E-state index in [1.165, 1.54) is 11.3 Å². The van der Waals surface area contributed by atoms with Crippen LogP contribution in [0.15, 0.2) is 40.2 Å². The lowest BCUT2D eigenvalue weighted by molar-refractivity contribution is -0.122. The Hall–Kier alpha value is -1.86. The highest BCUT2D eigenvalue weighted by molar-refractivity contribution is 9.11. The topological polar surface area (TPSA) is 67.4 Å². The molecular formula is C17H19BrN2O3S. The van der Waals surface area contributed by atoms with Gasteiger partial charge in [-0.3, -0.25) is 9.59 Å². The Morgan fingerprint density at radius 1 is 1.21 bits per heavy atom. The Morgan fingerprint density at radius 2 is 1.92 bits per heavy atom. The molecule has 0 saturated carbocycles. The maximum Gasteiger partial charge on any atom is 0.262 e. The molecule has 24 heavy (non-hydrogen) atoms. The molecule has 128 valence electrons. The first kappa shape index (κ1) is 18.5. The smallest absolute Gasteiger partial charge is 0.262 e. The fourth-order valence-electron chi connectivity index (χ4n) is 1.90. The van der Waals surface area contributed by atoms with Crippen LogP contribution in [0, 0.1) is 6.92 Å². The van der Waals surface area contributed by atoms with E-state index >= 15 is 0 Å². The van der Waals surface area contributed by atoms with E-state index in [1.807, 2.05) is 31.2 Å². The van der Waals surface area contributed by atoms with Crippen molar-refractivity contribution in [3.63, 3.8) is 0 Å². The normalized spacial score (nSPS) is 11.6. The van der Waals surface area contributed by atoms with Crippen molar-refractivity contribution in [2.45, 2.75) is 19.9 Å². The molecule has 2 rings (SSSR count). The largest absolute Gasteiger partial charge is 0.492 e. The van der Waals surface area contributed by atoms with E-state index in [0.717, 1.165) is 15.1 Å². The molecule has 1 atom stereocenters. The van der Waals surface area contributed by atoms with Crippen molar-refractivity contribution in [2.24, 2.45) is 0 Å². The molecule has 1 aromatic heterocycles. The summed E-state index contributed by atoms with van der Waals surface area (Å²) < 4.78 is 6.41. The third-order valence-electron chi connectivity index (χ3n) is 3.23. The summed E-state index contributed by atoms with van der Waals surface area (Å²) in [6.07, 6.45) is 0.